The van der Waals surface area contributed by atoms with E-state index in [4.69, 9.17) is 30.2 Å². The van der Waals surface area contributed by atoms with Gasteiger partial charge in [0.05, 0.1) is 18.6 Å². The monoisotopic (exact) mass is 428 g/mol. The third kappa shape index (κ3) is 4.02. The second-order valence-corrected chi connectivity index (χ2v) is 8.09. The van der Waals surface area contributed by atoms with E-state index < -0.39 is 5.41 Å². The number of hydrogen-bond donors (Lipinski definition) is 0. The number of halogens is 1. The van der Waals surface area contributed by atoms with Crippen LogP contribution in [0, 0.1) is 0 Å². The zero-order valence-electron chi connectivity index (χ0n) is 17.4. The molecule has 2 heterocycles. The molecule has 0 atom stereocenters. The Morgan fingerprint density at radius 1 is 1.03 bits per heavy atom. The molecular formula is C23H25ClN2O4. The molecule has 1 fully saturated rings. The van der Waals surface area contributed by atoms with Gasteiger partial charge < -0.3 is 18.6 Å². The summed E-state index contributed by atoms with van der Waals surface area (Å²) in [4.78, 5) is 0. The molecule has 4 rings (SSSR count). The number of ether oxygens (including phenoxy) is 3. The smallest absolute Gasteiger partial charge is 0.247 e. The maximum atomic E-state index is 6.28. The molecule has 1 aliphatic rings. The average molecular weight is 429 g/mol. The van der Waals surface area contributed by atoms with Crippen molar-refractivity contribution in [3.05, 3.63) is 58.9 Å². The van der Waals surface area contributed by atoms with E-state index >= 15 is 0 Å². The van der Waals surface area contributed by atoms with Crippen molar-refractivity contribution in [3.8, 4) is 23.0 Å². The largest absolute Gasteiger partial charge is 0.493 e. The third-order valence-electron chi connectivity index (χ3n) is 5.33. The van der Waals surface area contributed by atoms with E-state index in [1.165, 1.54) is 0 Å². The summed E-state index contributed by atoms with van der Waals surface area (Å²) in [5, 5.41) is 9.45. The van der Waals surface area contributed by atoms with E-state index in [1.807, 2.05) is 50.2 Å². The highest BCUT2D eigenvalue weighted by Crippen LogP contribution is 2.42. The van der Waals surface area contributed by atoms with Crippen LogP contribution in [0.1, 0.15) is 38.1 Å². The highest BCUT2D eigenvalue weighted by molar-refractivity contribution is 6.30. The molecule has 1 aliphatic heterocycles. The van der Waals surface area contributed by atoms with Crippen LogP contribution in [0.5, 0.6) is 11.5 Å². The summed E-state index contributed by atoms with van der Waals surface area (Å²) < 4.78 is 23.1. The first kappa shape index (κ1) is 20.7. The Hall–Kier alpha value is -2.57. The zero-order valence-corrected chi connectivity index (χ0v) is 18.1. The van der Waals surface area contributed by atoms with Crippen LogP contribution in [0.4, 0.5) is 0 Å². The molecule has 0 saturated carbocycles. The Morgan fingerprint density at radius 3 is 2.53 bits per heavy atom. The molecular weight excluding hydrogens is 404 g/mol. The van der Waals surface area contributed by atoms with E-state index in [2.05, 4.69) is 16.3 Å². The van der Waals surface area contributed by atoms with Gasteiger partial charge in [0.15, 0.2) is 11.5 Å². The minimum Gasteiger partial charge on any atom is -0.493 e. The van der Waals surface area contributed by atoms with Crippen LogP contribution in [0.3, 0.4) is 0 Å². The lowest BCUT2D eigenvalue weighted by atomic mass is 9.74. The number of rotatable bonds is 6. The topological polar surface area (TPSA) is 66.6 Å². The van der Waals surface area contributed by atoms with E-state index in [-0.39, 0.29) is 6.10 Å². The van der Waals surface area contributed by atoms with Gasteiger partial charge >= 0.3 is 0 Å². The Balaban J connectivity index is 1.71. The van der Waals surface area contributed by atoms with Crippen LogP contribution < -0.4 is 9.47 Å². The SMILES string of the molecule is COc1cc(-c2nnc(C3(c4cccc(Cl)c4)CCOCC3)o2)ccc1OC(C)C. The Labute approximate surface area is 181 Å². The molecule has 1 saturated heterocycles. The predicted molar refractivity (Wildman–Crippen MR) is 114 cm³/mol. The molecule has 2 aromatic carbocycles. The van der Waals surface area contributed by atoms with Crippen LogP contribution >= 0.6 is 11.6 Å². The fourth-order valence-electron chi connectivity index (χ4n) is 3.82. The van der Waals surface area contributed by atoms with Crippen molar-refractivity contribution in [1.29, 1.82) is 0 Å². The van der Waals surface area contributed by atoms with Crippen LogP contribution in [0.15, 0.2) is 46.9 Å². The van der Waals surface area contributed by atoms with E-state index in [9.17, 15) is 0 Å². The molecule has 0 bridgehead atoms. The standard InChI is InChI=1S/C23H25ClN2O4/c1-15(2)29-19-8-7-16(13-20(19)27-3)21-25-26-22(30-21)23(9-11-28-12-10-23)17-5-4-6-18(24)14-17/h4-8,13-15H,9-12H2,1-3H3. The van der Waals surface area contributed by atoms with Crippen LogP contribution in [0.2, 0.25) is 5.02 Å². The highest BCUT2D eigenvalue weighted by atomic mass is 35.5. The first-order chi connectivity index (χ1) is 14.5. The Bertz CT molecular complexity index is 1010. The van der Waals surface area contributed by atoms with Gasteiger partial charge in [-0.05, 0) is 62.6 Å². The summed E-state index contributed by atoms with van der Waals surface area (Å²) in [5.41, 5.74) is 1.42. The van der Waals surface area contributed by atoms with Gasteiger partial charge in [0.25, 0.3) is 0 Å². The number of benzene rings is 2. The fourth-order valence-corrected chi connectivity index (χ4v) is 4.01. The van der Waals surface area contributed by atoms with Crippen molar-refractivity contribution in [3.63, 3.8) is 0 Å². The first-order valence-electron chi connectivity index (χ1n) is 10.0. The van der Waals surface area contributed by atoms with Crippen molar-refractivity contribution in [2.24, 2.45) is 0 Å². The van der Waals surface area contributed by atoms with Gasteiger partial charge in [0.1, 0.15) is 0 Å². The minimum absolute atomic E-state index is 0.0471. The van der Waals surface area contributed by atoms with Gasteiger partial charge in [0.2, 0.25) is 11.8 Å². The molecule has 0 amide bonds. The van der Waals surface area contributed by atoms with Gasteiger partial charge in [-0.15, -0.1) is 10.2 Å². The van der Waals surface area contributed by atoms with Gasteiger partial charge in [-0.2, -0.15) is 0 Å². The number of hydrogen-bond acceptors (Lipinski definition) is 6. The van der Waals surface area contributed by atoms with E-state index in [1.54, 1.807) is 7.11 Å². The Kier molecular flexibility index (Phi) is 5.97. The zero-order chi connectivity index (χ0) is 21.1. The maximum absolute atomic E-state index is 6.28. The van der Waals surface area contributed by atoms with Gasteiger partial charge in [0, 0.05) is 23.8 Å². The van der Waals surface area contributed by atoms with Crippen molar-refractivity contribution < 1.29 is 18.6 Å². The summed E-state index contributed by atoms with van der Waals surface area (Å²) in [5.74, 6) is 2.31. The molecule has 0 spiro atoms. The van der Waals surface area contributed by atoms with Gasteiger partial charge in [-0.3, -0.25) is 0 Å². The van der Waals surface area contributed by atoms with Crippen molar-refractivity contribution in [2.75, 3.05) is 20.3 Å². The normalized spacial score (nSPS) is 15.9. The average Bonchev–Trinajstić information content (AvgIpc) is 3.25. The minimum atomic E-state index is -0.417. The lowest BCUT2D eigenvalue weighted by Gasteiger charge is -2.34. The molecule has 7 heteroatoms. The lowest BCUT2D eigenvalue weighted by molar-refractivity contribution is 0.0546. The van der Waals surface area contributed by atoms with Gasteiger partial charge in [-0.25, -0.2) is 0 Å². The first-order valence-corrected chi connectivity index (χ1v) is 10.4. The quantitative estimate of drug-likeness (QED) is 0.532. The molecule has 0 N–H and O–H groups in total. The fraction of sp³-hybridized carbons (Fsp3) is 0.391. The highest BCUT2D eigenvalue weighted by Gasteiger charge is 2.41. The second-order valence-electron chi connectivity index (χ2n) is 7.65. The van der Waals surface area contributed by atoms with Crippen molar-refractivity contribution in [2.45, 2.75) is 38.2 Å². The maximum Gasteiger partial charge on any atom is 0.247 e. The summed E-state index contributed by atoms with van der Waals surface area (Å²) in [7, 11) is 1.61. The van der Waals surface area contributed by atoms with E-state index in [0.29, 0.717) is 41.5 Å². The molecule has 0 radical (unpaired) electrons. The summed E-state index contributed by atoms with van der Waals surface area (Å²) in [6.45, 7) is 5.19. The third-order valence-corrected chi connectivity index (χ3v) is 5.57. The molecule has 6 nitrogen and oxygen atoms in total. The van der Waals surface area contributed by atoms with Crippen molar-refractivity contribution >= 4 is 11.6 Å². The molecule has 30 heavy (non-hydrogen) atoms. The molecule has 0 unspecified atom stereocenters. The van der Waals surface area contributed by atoms with Crippen molar-refractivity contribution in [1.82, 2.24) is 10.2 Å². The number of aromatic nitrogens is 2. The molecule has 1 aromatic heterocycles. The van der Waals surface area contributed by atoms with E-state index in [0.717, 1.165) is 24.0 Å². The lowest BCUT2D eigenvalue weighted by Crippen LogP contribution is -2.35. The summed E-state index contributed by atoms with van der Waals surface area (Å²) in [6, 6.07) is 13.5. The molecule has 0 aliphatic carbocycles. The Morgan fingerprint density at radius 2 is 1.83 bits per heavy atom. The predicted octanol–water partition coefficient (Wildman–Crippen LogP) is 5.28. The number of methoxy groups -OCH3 is 1. The molecule has 158 valence electrons. The van der Waals surface area contributed by atoms with Crippen LogP contribution in [0.25, 0.3) is 11.5 Å². The van der Waals surface area contributed by atoms with Crippen LogP contribution in [-0.4, -0.2) is 36.6 Å². The second kappa shape index (κ2) is 8.66. The van der Waals surface area contributed by atoms with Gasteiger partial charge in [-0.1, -0.05) is 23.7 Å². The summed E-state index contributed by atoms with van der Waals surface area (Å²) in [6.07, 6.45) is 1.55. The summed E-state index contributed by atoms with van der Waals surface area (Å²) >= 11 is 6.28. The number of nitrogens with zero attached hydrogens (tertiary/aromatic N) is 2. The molecule has 3 aromatic rings. The van der Waals surface area contributed by atoms with Crippen LogP contribution in [-0.2, 0) is 10.2 Å².